The maximum atomic E-state index is 13.8. The molecular formula is C33H46N4O9S. The van der Waals surface area contributed by atoms with Crippen molar-refractivity contribution < 1.29 is 37.8 Å². The molecule has 4 N–H and O–H groups in total. The van der Waals surface area contributed by atoms with Crippen molar-refractivity contribution in [2.24, 2.45) is 11.8 Å². The number of aromatic hydroxyl groups is 1. The van der Waals surface area contributed by atoms with Crippen LogP contribution >= 0.6 is 0 Å². The average molecular weight is 675 g/mol. The number of aromatic nitrogens is 2. The third kappa shape index (κ3) is 9.92. The van der Waals surface area contributed by atoms with Gasteiger partial charge in [0.25, 0.3) is 0 Å². The van der Waals surface area contributed by atoms with E-state index in [0.717, 1.165) is 16.3 Å². The molecule has 0 aliphatic rings. The van der Waals surface area contributed by atoms with E-state index in [9.17, 15) is 33.0 Å². The van der Waals surface area contributed by atoms with E-state index >= 15 is 0 Å². The molecule has 14 heteroatoms. The Hall–Kier alpha value is -4.14. The first-order valence-corrected chi connectivity index (χ1v) is 17.1. The number of hydrogen-bond donors (Lipinski definition) is 4. The summed E-state index contributed by atoms with van der Waals surface area (Å²) >= 11 is 0. The first-order valence-electron chi connectivity index (χ1n) is 15.6. The highest BCUT2D eigenvalue weighted by Crippen LogP contribution is 2.25. The maximum absolute atomic E-state index is 13.8. The molecule has 47 heavy (non-hydrogen) atoms. The lowest BCUT2D eigenvalue weighted by atomic mass is 9.98. The summed E-state index contributed by atoms with van der Waals surface area (Å²) in [4.78, 5) is 44.0. The van der Waals surface area contributed by atoms with Gasteiger partial charge >= 0.3 is 11.7 Å². The molecule has 1 amide bonds. The lowest BCUT2D eigenvalue weighted by molar-refractivity contribution is -0.145. The molecule has 1 aromatic heterocycles. The van der Waals surface area contributed by atoms with Gasteiger partial charge in [-0.2, -0.15) is 0 Å². The molecule has 0 aliphatic heterocycles. The van der Waals surface area contributed by atoms with Crippen molar-refractivity contribution in [1.29, 1.82) is 0 Å². The highest BCUT2D eigenvalue weighted by atomic mass is 32.2. The van der Waals surface area contributed by atoms with Crippen LogP contribution in [0.25, 0.3) is 0 Å². The molecule has 3 aromatic rings. The predicted octanol–water partition coefficient (Wildman–Crippen LogP) is 2.58. The van der Waals surface area contributed by atoms with Crippen LogP contribution in [0, 0.1) is 11.8 Å². The number of carbonyl (C=O) groups is 2. The molecule has 0 saturated carbocycles. The van der Waals surface area contributed by atoms with Gasteiger partial charge in [-0.25, -0.2) is 22.7 Å². The van der Waals surface area contributed by atoms with Crippen molar-refractivity contribution >= 4 is 21.9 Å². The van der Waals surface area contributed by atoms with Crippen molar-refractivity contribution in [2.45, 2.75) is 83.4 Å². The van der Waals surface area contributed by atoms with Crippen LogP contribution in [0.2, 0.25) is 0 Å². The summed E-state index contributed by atoms with van der Waals surface area (Å²) in [6, 6.07) is 11.5. The molecule has 0 saturated heterocycles. The molecule has 0 aliphatic carbocycles. The van der Waals surface area contributed by atoms with Gasteiger partial charge in [-0.3, -0.25) is 9.36 Å². The largest absolute Gasteiger partial charge is 0.497 e. The number of amides is 1. The molecule has 0 radical (unpaired) electrons. The minimum absolute atomic E-state index is 0.0193. The van der Waals surface area contributed by atoms with Gasteiger partial charge in [0.15, 0.2) is 0 Å². The van der Waals surface area contributed by atoms with Crippen LogP contribution in [-0.4, -0.2) is 65.6 Å². The Morgan fingerprint density at radius 1 is 1.02 bits per heavy atom. The number of aliphatic hydroxyl groups excluding tert-OH is 1. The molecule has 3 atom stereocenters. The van der Waals surface area contributed by atoms with Gasteiger partial charge in [0.1, 0.15) is 11.8 Å². The van der Waals surface area contributed by atoms with E-state index in [0.29, 0.717) is 28.9 Å². The lowest BCUT2D eigenvalue weighted by Crippen LogP contribution is -2.52. The standard InChI is InChI=1S/C33H46N4O9S/c1-7-11-30(40)46-37-29(39)20-36(33(37)42)31(22(4)5)32(41)35-26(17-23-12-9-8-10-13-23)27(38)19-34-47(43,44)28-15-14-25(45-6)18-24(28)16-21(2)3/h8-10,12-15,18,20-22,26-27,31,34,38-39H,7,11,16-17,19H2,1-6H3,(H,35,41)/t26-,27+,31-/m0/s1. The van der Waals surface area contributed by atoms with E-state index in [1.807, 2.05) is 19.9 Å². The molecule has 0 bridgehead atoms. The summed E-state index contributed by atoms with van der Waals surface area (Å²) in [7, 11) is -2.58. The van der Waals surface area contributed by atoms with Gasteiger partial charge in [0, 0.05) is 13.0 Å². The van der Waals surface area contributed by atoms with Crippen LogP contribution in [0.15, 0.2) is 64.4 Å². The van der Waals surface area contributed by atoms with Gasteiger partial charge in [-0.15, -0.1) is 0 Å². The third-order valence-electron chi connectivity index (χ3n) is 7.46. The van der Waals surface area contributed by atoms with Gasteiger partial charge in [-0.05, 0) is 60.4 Å². The van der Waals surface area contributed by atoms with Crippen molar-refractivity contribution in [2.75, 3.05) is 13.7 Å². The monoisotopic (exact) mass is 674 g/mol. The van der Waals surface area contributed by atoms with E-state index in [1.165, 1.54) is 13.2 Å². The van der Waals surface area contributed by atoms with Gasteiger partial charge in [-0.1, -0.05) is 69.7 Å². The molecule has 2 aromatic carbocycles. The zero-order valence-electron chi connectivity index (χ0n) is 27.7. The predicted molar refractivity (Wildman–Crippen MR) is 176 cm³/mol. The number of nitrogens with zero attached hydrogens (tertiary/aromatic N) is 2. The summed E-state index contributed by atoms with van der Waals surface area (Å²) in [6.07, 6.45) is 0.716. The highest BCUT2D eigenvalue weighted by Gasteiger charge is 2.33. The molecule has 3 rings (SSSR count). The Bertz CT molecular complexity index is 1670. The van der Waals surface area contributed by atoms with Crippen LogP contribution in [-0.2, 0) is 32.5 Å². The summed E-state index contributed by atoms with van der Waals surface area (Å²) in [5.74, 6) is -1.87. The summed E-state index contributed by atoms with van der Waals surface area (Å²) in [5.41, 5.74) is 0.389. The first-order chi connectivity index (χ1) is 22.2. The van der Waals surface area contributed by atoms with Crippen LogP contribution in [0.4, 0.5) is 0 Å². The van der Waals surface area contributed by atoms with Gasteiger partial charge < -0.3 is 25.1 Å². The van der Waals surface area contributed by atoms with Crippen molar-refractivity contribution in [3.05, 3.63) is 76.3 Å². The van der Waals surface area contributed by atoms with Crippen LogP contribution in [0.3, 0.4) is 0 Å². The number of nitrogens with one attached hydrogen (secondary N) is 2. The minimum Gasteiger partial charge on any atom is -0.497 e. The second-order valence-corrected chi connectivity index (χ2v) is 13.9. The van der Waals surface area contributed by atoms with Crippen molar-refractivity contribution in [3.8, 4) is 11.6 Å². The number of benzene rings is 2. The van der Waals surface area contributed by atoms with E-state index in [1.54, 1.807) is 57.2 Å². The Morgan fingerprint density at radius 2 is 1.70 bits per heavy atom. The summed E-state index contributed by atoms with van der Waals surface area (Å²) < 4.78 is 36.1. The second-order valence-electron chi connectivity index (χ2n) is 12.2. The van der Waals surface area contributed by atoms with E-state index in [4.69, 9.17) is 9.57 Å². The number of sulfonamides is 1. The zero-order valence-corrected chi connectivity index (χ0v) is 28.5. The lowest BCUT2D eigenvalue weighted by Gasteiger charge is -2.28. The summed E-state index contributed by atoms with van der Waals surface area (Å²) in [6.45, 7) is 8.64. The van der Waals surface area contributed by atoms with Crippen LogP contribution < -0.4 is 25.3 Å². The quantitative estimate of drug-likeness (QED) is 0.168. The van der Waals surface area contributed by atoms with Gasteiger partial charge in [0.05, 0.1) is 30.3 Å². The third-order valence-corrected chi connectivity index (χ3v) is 8.99. The molecular weight excluding hydrogens is 628 g/mol. The number of rotatable bonds is 17. The number of hydrogen-bond acceptors (Lipinski definition) is 9. The second kappa shape index (κ2) is 16.6. The van der Waals surface area contributed by atoms with E-state index < -0.39 is 64.1 Å². The molecule has 1 heterocycles. The molecule has 0 unspecified atom stereocenters. The summed E-state index contributed by atoms with van der Waals surface area (Å²) in [5, 5.41) is 24.5. The topological polar surface area (TPSA) is 178 Å². The molecule has 13 nitrogen and oxygen atoms in total. The maximum Gasteiger partial charge on any atom is 0.366 e. The fraction of sp³-hybridized carbons (Fsp3) is 0.485. The van der Waals surface area contributed by atoms with Gasteiger partial charge in [0.2, 0.25) is 21.8 Å². The number of imidazole rings is 1. The number of ether oxygens (including phenoxy) is 1. The molecule has 0 fully saturated rings. The van der Waals surface area contributed by atoms with Crippen molar-refractivity contribution in [1.82, 2.24) is 19.3 Å². The molecule has 258 valence electrons. The number of aliphatic hydroxyl groups is 1. The Balaban J connectivity index is 1.89. The highest BCUT2D eigenvalue weighted by molar-refractivity contribution is 7.89. The minimum atomic E-state index is -4.08. The van der Waals surface area contributed by atoms with E-state index in [2.05, 4.69) is 10.0 Å². The Kier molecular flexibility index (Phi) is 13.2. The fourth-order valence-corrected chi connectivity index (χ4v) is 6.48. The molecule has 0 spiro atoms. The Labute approximate surface area is 275 Å². The van der Waals surface area contributed by atoms with Crippen molar-refractivity contribution in [3.63, 3.8) is 0 Å². The Morgan fingerprint density at radius 3 is 2.30 bits per heavy atom. The zero-order chi connectivity index (χ0) is 34.9. The number of methoxy groups -OCH3 is 1. The first kappa shape index (κ1) is 37.3. The fourth-order valence-electron chi connectivity index (χ4n) is 5.20. The van der Waals surface area contributed by atoms with E-state index in [-0.39, 0.29) is 23.7 Å². The SMILES string of the molecule is CCCC(=O)On1c(O)cn([C@H](C(=O)N[C@@H](Cc2ccccc2)[C@H](O)CNS(=O)(=O)c2ccc(OC)cc2CC(C)C)C(C)C)c1=O. The normalized spacial score (nSPS) is 13.7. The smallest absolute Gasteiger partial charge is 0.366 e. The van der Waals surface area contributed by atoms with Crippen LogP contribution in [0.5, 0.6) is 11.6 Å². The average Bonchev–Trinajstić information content (AvgIpc) is 3.27. The van der Waals surface area contributed by atoms with Crippen LogP contribution in [0.1, 0.15) is 64.6 Å². The number of carbonyl (C=O) groups excluding carboxylic acids is 2.